The van der Waals surface area contributed by atoms with Crippen molar-refractivity contribution in [2.24, 2.45) is 10.3 Å². The Morgan fingerprint density at radius 3 is 2.72 bits per heavy atom. The van der Waals surface area contributed by atoms with Crippen molar-refractivity contribution in [2.75, 3.05) is 5.01 Å². The molecule has 2 heterocycles. The van der Waals surface area contributed by atoms with Gasteiger partial charge < -0.3 is 4.74 Å². The van der Waals surface area contributed by atoms with Crippen molar-refractivity contribution in [3.05, 3.63) is 101 Å². The van der Waals surface area contributed by atoms with Crippen LogP contribution in [0.3, 0.4) is 0 Å². The molecule has 0 saturated heterocycles. The number of rotatable bonds is 5. The van der Waals surface area contributed by atoms with Crippen LogP contribution in [-0.4, -0.2) is 4.98 Å². The second-order valence-electron chi connectivity index (χ2n) is 6.07. The van der Waals surface area contributed by atoms with Crippen LogP contribution < -0.4 is 9.75 Å². The normalized spacial score (nSPS) is 12.4. The first-order valence-electron chi connectivity index (χ1n) is 8.73. The molecule has 0 bridgehead atoms. The molecule has 0 amide bonds. The van der Waals surface area contributed by atoms with E-state index in [2.05, 4.69) is 27.1 Å². The molecule has 4 rings (SSSR count). The first-order chi connectivity index (χ1) is 14.2. The van der Waals surface area contributed by atoms with Crippen molar-refractivity contribution in [1.82, 2.24) is 4.98 Å². The molecular formula is C22H14FN5O. The van der Waals surface area contributed by atoms with Crippen molar-refractivity contribution >= 4 is 11.4 Å². The van der Waals surface area contributed by atoms with Gasteiger partial charge in [-0.3, -0.25) is 4.98 Å². The Morgan fingerprint density at radius 2 is 1.97 bits per heavy atom. The highest BCUT2D eigenvalue weighted by atomic mass is 19.1. The summed E-state index contributed by atoms with van der Waals surface area (Å²) >= 11 is 0. The summed E-state index contributed by atoms with van der Waals surface area (Å²) in [5.41, 5.74) is 5.80. The van der Waals surface area contributed by atoms with Crippen molar-refractivity contribution in [3.8, 4) is 11.8 Å². The minimum atomic E-state index is -0.478. The van der Waals surface area contributed by atoms with Crippen molar-refractivity contribution in [2.45, 2.75) is 6.61 Å². The maximum atomic E-state index is 14.1. The van der Waals surface area contributed by atoms with Crippen LogP contribution >= 0.6 is 0 Å². The van der Waals surface area contributed by atoms with Crippen LogP contribution in [0.4, 0.5) is 10.1 Å². The fourth-order valence-corrected chi connectivity index (χ4v) is 2.70. The van der Waals surface area contributed by atoms with Gasteiger partial charge in [0, 0.05) is 23.9 Å². The van der Waals surface area contributed by atoms with Gasteiger partial charge in [-0.05, 0) is 24.3 Å². The number of nitriles is 1. The molecule has 0 saturated carbocycles. The molecule has 6 nitrogen and oxygen atoms in total. The van der Waals surface area contributed by atoms with Gasteiger partial charge in [-0.25, -0.2) is 9.40 Å². The van der Waals surface area contributed by atoms with E-state index in [1.165, 1.54) is 17.1 Å². The van der Waals surface area contributed by atoms with Gasteiger partial charge in [0.05, 0.1) is 29.2 Å². The predicted molar refractivity (Wildman–Crippen MR) is 105 cm³/mol. The Morgan fingerprint density at radius 1 is 1.10 bits per heavy atom. The lowest BCUT2D eigenvalue weighted by atomic mass is 10.1. The van der Waals surface area contributed by atoms with Crippen LogP contribution in [0.15, 0.2) is 89.1 Å². The molecule has 0 spiro atoms. The Kier molecular flexibility index (Phi) is 5.10. The quantitative estimate of drug-likeness (QED) is 0.580. The highest BCUT2D eigenvalue weighted by molar-refractivity contribution is 5.63. The standard InChI is InChI=1S/C22H14FN5O/c23-18-11-19(28-10-8-22(26-27-28)21-7-3-4-9-25-21)13-20(12-18)29-15-17-6-2-1-5-16(17)14-24/h1-7,9-13H,15H2. The van der Waals surface area contributed by atoms with Crippen molar-refractivity contribution < 1.29 is 9.13 Å². The van der Waals surface area contributed by atoms with E-state index >= 15 is 0 Å². The number of ether oxygens (including phenoxy) is 1. The maximum Gasteiger partial charge on any atom is 0.157 e. The molecule has 1 aliphatic rings. The zero-order valence-electron chi connectivity index (χ0n) is 15.2. The number of pyridine rings is 1. The first-order valence-corrected chi connectivity index (χ1v) is 8.73. The van der Waals surface area contributed by atoms with E-state index < -0.39 is 5.82 Å². The number of halogens is 1. The summed E-state index contributed by atoms with van der Waals surface area (Å²) in [7, 11) is 0. The zero-order valence-corrected chi connectivity index (χ0v) is 15.2. The van der Waals surface area contributed by atoms with Gasteiger partial charge >= 0.3 is 0 Å². The van der Waals surface area contributed by atoms with Gasteiger partial charge in [0.2, 0.25) is 0 Å². The number of anilines is 1. The van der Waals surface area contributed by atoms with Crippen LogP contribution in [-0.2, 0) is 6.61 Å². The fourth-order valence-electron chi connectivity index (χ4n) is 2.70. The minimum Gasteiger partial charge on any atom is -0.489 e. The Labute approximate surface area is 166 Å². The van der Waals surface area contributed by atoms with E-state index in [0.717, 1.165) is 5.56 Å². The molecule has 0 unspecified atom stereocenters. The summed E-state index contributed by atoms with van der Waals surface area (Å²) in [6, 6.07) is 18.9. The van der Waals surface area contributed by atoms with Crippen LogP contribution in [0.25, 0.3) is 5.70 Å². The summed E-state index contributed by atoms with van der Waals surface area (Å²) in [5.74, 6) is -0.162. The van der Waals surface area contributed by atoms with Gasteiger partial charge in [0.15, 0.2) is 5.70 Å². The highest BCUT2D eigenvalue weighted by Gasteiger charge is 2.12. The molecule has 1 aliphatic heterocycles. The summed E-state index contributed by atoms with van der Waals surface area (Å²) < 4.78 is 19.8. The molecule has 29 heavy (non-hydrogen) atoms. The number of hydrogen-bond donors (Lipinski definition) is 0. The molecule has 0 N–H and O–H groups in total. The van der Waals surface area contributed by atoms with Crippen molar-refractivity contribution in [1.29, 1.82) is 5.26 Å². The summed E-state index contributed by atoms with van der Waals surface area (Å²) in [6.45, 7) is 0.147. The average molecular weight is 383 g/mol. The van der Waals surface area contributed by atoms with Crippen LogP contribution in [0.2, 0.25) is 0 Å². The third kappa shape index (κ3) is 4.19. The van der Waals surface area contributed by atoms with E-state index in [1.807, 2.05) is 18.2 Å². The molecule has 1 aromatic heterocycles. The summed E-state index contributed by atoms with van der Waals surface area (Å²) in [5, 5.41) is 18.7. The Balaban J connectivity index is 1.54. The molecule has 140 valence electrons. The van der Waals surface area contributed by atoms with Gasteiger partial charge in [0.25, 0.3) is 0 Å². The second-order valence-corrected chi connectivity index (χ2v) is 6.07. The molecule has 2 aromatic carbocycles. The maximum absolute atomic E-state index is 14.1. The lowest BCUT2D eigenvalue weighted by Gasteiger charge is -2.16. The Hall–Kier alpha value is -4.27. The van der Waals surface area contributed by atoms with Gasteiger partial charge in [-0.1, -0.05) is 35.2 Å². The van der Waals surface area contributed by atoms with Crippen LogP contribution in [0, 0.1) is 17.1 Å². The van der Waals surface area contributed by atoms with E-state index in [-0.39, 0.29) is 6.61 Å². The zero-order chi connectivity index (χ0) is 20.1. The van der Waals surface area contributed by atoms with Gasteiger partial charge in [-0.15, -0.1) is 5.11 Å². The first kappa shape index (κ1) is 18.1. The third-order valence-electron chi connectivity index (χ3n) is 4.12. The van der Waals surface area contributed by atoms with Crippen LogP contribution in [0.1, 0.15) is 16.8 Å². The molecular weight excluding hydrogens is 369 g/mol. The smallest absolute Gasteiger partial charge is 0.157 e. The minimum absolute atomic E-state index is 0.147. The monoisotopic (exact) mass is 383 g/mol. The summed E-state index contributed by atoms with van der Waals surface area (Å²) in [6.07, 6.45) is 3.22. The molecule has 0 aliphatic carbocycles. The average Bonchev–Trinajstić information content (AvgIpc) is 2.78. The predicted octanol–water partition coefficient (Wildman–Crippen LogP) is 5.01. The van der Waals surface area contributed by atoms with E-state index in [9.17, 15) is 4.39 Å². The largest absolute Gasteiger partial charge is 0.489 e. The van der Waals surface area contributed by atoms with E-state index in [0.29, 0.717) is 28.4 Å². The lowest BCUT2D eigenvalue weighted by molar-refractivity contribution is 0.304. The summed E-state index contributed by atoms with van der Waals surface area (Å²) in [4.78, 5) is 4.20. The number of nitrogens with zero attached hydrogens (tertiary/aromatic N) is 5. The number of hydrogen-bond acceptors (Lipinski definition) is 6. The lowest BCUT2D eigenvalue weighted by Crippen LogP contribution is -2.09. The number of aromatic nitrogens is 1. The van der Waals surface area contributed by atoms with Gasteiger partial charge in [-0.2, -0.15) is 5.26 Å². The highest BCUT2D eigenvalue weighted by Crippen LogP contribution is 2.27. The van der Waals surface area contributed by atoms with Crippen molar-refractivity contribution in [3.63, 3.8) is 0 Å². The SMILES string of the molecule is N#Cc1ccccc1COc1cc(F)cc(N2C=C=C(c3ccccn3)N=N2)c1. The van der Waals surface area contributed by atoms with E-state index in [4.69, 9.17) is 10.00 Å². The molecule has 7 heteroatoms. The van der Waals surface area contributed by atoms with Gasteiger partial charge in [0.1, 0.15) is 18.2 Å². The number of benzene rings is 2. The Bertz CT molecular complexity index is 1180. The molecule has 3 aromatic rings. The van der Waals surface area contributed by atoms with Crippen LogP contribution in [0.5, 0.6) is 5.75 Å². The van der Waals surface area contributed by atoms with E-state index in [1.54, 1.807) is 42.7 Å². The molecule has 0 fully saturated rings. The topological polar surface area (TPSA) is 73.9 Å². The second kappa shape index (κ2) is 8.17. The molecule has 0 atom stereocenters. The molecule has 0 radical (unpaired) electrons. The third-order valence-corrected chi connectivity index (χ3v) is 4.12. The fraction of sp³-hybridized carbons (Fsp3) is 0.0455.